The van der Waals surface area contributed by atoms with Crippen LogP contribution in [0.5, 0.6) is 0 Å². The highest BCUT2D eigenvalue weighted by Crippen LogP contribution is 2.12. The van der Waals surface area contributed by atoms with Gasteiger partial charge in [-0.3, -0.25) is 0 Å². The van der Waals surface area contributed by atoms with E-state index in [1.807, 2.05) is 0 Å². The van der Waals surface area contributed by atoms with Crippen molar-refractivity contribution in [3.63, 3.8) is 0 Å². The van der Waals surface area contributed by atoms with Crippen molar-refractivity contribution in [1.82, 2.24) is 15.5 Å². The Morgan fingerprint density at radius 3 is 2.27 bits per heavy atom. The summed E-state index contributed by atoms with van der Waals surface area (Å²) < 4.78 is 10.1. The van der Waals surface area contributed by atoms with E-state index in [1.54, 1.807) is 20.8 Å². The standard InChI is InChI=1S/C13H23N3O6/c1-13(2,3)22-11(18)15-6-5-14-10(17)21-9-4-7-16(8-9)12(19)20/h9H,4-8H2,1-3H3,(H,14,17)(H,15,18)(H,19,20). The molecule has 1 aliphatic rings. The molecule has 0 aromatic rings. The van der Waals surface area contributed by atoms with Gasteiger partial charge < -0.3 is 30.1 Å². The van der Waals surface area contributed by atoms with Crippen molar-refractivity contribution < 1.29 is 29.0 Å². The van der Waals surface area contributed by atoms with Crippen molar-refractivity contribution in [1.29, 1.82) is 0 Å². The number of hydrogen-bond donors (Lipinski definition) is 3. The van der Waals surface area contributed by atoms with Gasteiger partial charge in [-0.25, -0.2) is 14.4 Å². The lowest BCUT2D eigenvalue weighted by atomic mass is 10.2. The molecule has 3 amide bonds. The fourth-order valence-electron chi connectivity index (χ4n) is 1.83. The van der Waals surface area contributed by atoms with Crippen LogP contribution in [0.2, 0.25) is 0 Å². The van der Waals surface area contributed by atoms with Crippen LogP contribution in [0.25, 0.3) is 0 Å². The van der Waals surface area contributed by atoms with Gasteiger partial charge in [0.05, 0.1) is 6.54 Å². The topological polar surface area (TPSA) is 117 Å². The molecule has 126 valence electrons. The molecule has 1 rings (SSSR count). The summed E-state index contributed by atoms with van der Waals surface area (Å²) in [5, 5.41) is 13.8. The molecule has 1 unspecified atom stereocenters. The minimum atomic E-state index is -1.02. The lowest BCUT2D eigenvalue weighted by molar-refractivity contribution is 0.0526. The zero-order valence-electron chi connectivity index (χ0n) is 13.0. The third-order valence-corrected chi connectivity index (χ3v) is 2.75. The van der Waals surface area contributed by atoms with Crippen LogP contribution in [0, 0.1) is 0 Å². The van der Waals surface area contributed by atoms with Crippen molar-refractivity contribution >= 4 is 18.3 Å². The molecular weight excluding hydrogens is 294 g/mol. The van der Waals surface area contributed by atoms with Crippen molar-refractivity contribution in [3.8, 4) is 0 Å². The first-order valence-corrected chi connectivity index (χ1v) is 7.06. The van der Waals surface area contributed by atoms with Crippen LogP contribution >= 0.6 is 0 Å². The van der Waals surface area contributed by atoms with Crippen LogP contribution in [0.4, 0.5) is 14.4 Å². The second kappa shape index (κ2) is 7.71. The number of alkyl carbamates (subject to hydrolysis) is 2. The fraction of sp³-hybridized carbons (Fsp3) is 0.769. The molecule has 1 heterocycles. The molecule has 0 bridgehead atoms. The summed E-state index contributed by atoms with van der Waals surface area (Å²) in [6.07, 6.45) is -2.17. The monoisotopic (exact) mass is 317 g/mol. The zero-order valence-corrected chi connectivity index (χ0v) is 13.0. The number of carboxylic acid groups (broad SMARTS) is 1. The molecule has 1 fully saturated rings. The predicted octanol–water partition coefficient (Wildman–Crippen LogP) is 0.990. The number of likely N-dealkylation sites (tertiary alicyclic amines) is 1. The van der Waals surface area contributed by atoms with E-state index in [2.05, 4.69) is 10.6 Å². The first-order valence-electron chi connectivity index (χ1n) is 7.06. The first kappa shape index (κ1) is 17.9. The van der Waals surface area contributed by atoms with Gasteiger partial charge in [0, 0.05) is 26.1 Å². The molecule has 0 aliphatic carbocycles. The number of hydrogen-bond acceptors (Lipinski definition) is 5. The average molecular weight is 317 g/mol. The Balaban J connectivity index is 2.12. The first-order chi connectivity index (χ1) is 10.2. The Kier molecular flexibility index (Phi) is 6.26. The van der Waals surface area contributed by atoms with E-state index >= 15 is 0 Å². The second-order valence-electron chi connectivity index (χ2n) is 5.90. The van der Waals surface area contributed by atoms with E-state index in [1.165, 1.54) is 4.90 Å². The van der Waals surface area contributed by atoms with Crippen molar-refractivity contribution in [3.05, 3.63) is 0 Å². The molecule has 0 spiro atoms. The Morgan fingerprint density at radius 1 is 1.18 bits per heavy atom. The van der Waals surface area contributed by atoms with Crippen molar-refractivity contribution in [2.45, 2.75) is 38.9 Å². The van der Waals surface area contributed by atoms with Gasteiger partial charge in [0.25, 0.3) is 0 Å². The van der Waals surface area contributed by atoms with Crippen LogP contribution in [0.1, 0.15) is 27.2 Å². The maximum atomic E-state index is 11.5. The summed E-state index contributed by atoms with van der Waals surface area (Å²) in [6.45, 7) is 6.19. The molecule has 3 N–H and O–H groups in total. The summed E-state index contributed by atoms with van der Waals surface area (Å²) in [5.41, 5.74) is -0.574. The Hall–Kier alpha value is -2.19. The lowest BCUT2D eigenvalue weighted by Gasteiger charge is -2.19. The number of nitrogens with zero attached hydrogens (tertiary/aromatic N) is 1. The second-order valence-corrected chi connectivity index (χ2v) is 5.90. The Labute approximate surface area is 128 Å². The summed E-state index contributed by atoms with van der Waals surface area (Å²) in [6, 6.07) is 0. The molecule has 0 radical (unpaired) electrons. The average Bonchev–Trinajstić information content (AvgIpc) is 2.81. The fourth-order valence-corrected chi connectivity index (χ4v) is 1.83. The molecule has 9 heteroatoms. The maximum absolute atomic E-state index is 11.5. The molecule has 0 aromatic carbocycles. The van der Waals surface area contributed by atoms with E-state index in [9.17, 15) is 14.4 Å². The third kappa shape index (κ3) is 7.00. The molecule has 9 nitrogen and oxygen atoms in total. The highest BCUT2D eigenvalue weighted by atomic mass is 16.6. The Bertz CT molecular complexity index is 420. The molecular formula is C13H23N3O6. The maximum Gasteiger partial charge on any atom is 0.407 e. The number of rotatable bonds is 4. The van der Waals surface area contributed by atoms with E-state index in [-0.39, 0.29) is 19.6 Å². The number of nitrogens with one attached hydrogen (secondary N) is 2. The van der Waals surface area contributed by atoms with Gasteiger partial charge in [0.15, 0.2) is 0 Å². The van der Waals surface area contributed by atoms with Gasteiger partial charge in [-0.1, -0.05) is 0 Å². The van der Waals surface area contributed by atoms with Gasteiger partial charge in [0.1, 0.15) is 11.7 Å². The summed E-state index contributed by atoms with van der Waals surface area (Å²) in [7, 11) is 0. The van der Waals surface area contributed by atoms with E-state index in [0.29, 0.717) is 13.0 Å². The number of carbonyl (C=O) groups excluding carboxylic acids is 2. The van der Waals surface area contributed by atoms with Crippen LogP contribution < -0.4 is 10.6 Å². The minimum absolute atomic E-state index is 0.179. The van der Waals surface area contributed by atoms with Crippen LogP contribution in [0.3, 0.4) is 0 Å². The summed E-state index contributed by atoms with van der Waals surface area (Å²) in [4.78, 5) is 34.8. The van der Waals surface area contributed by atoms with Crippen LogP contribution in [0.15, 0.2) is 0 Å². The van der Waals surface area contributed by atoms with Gasteiger partial charge in [-0.05, 0) is 20.8 Å². The van der Waals surface area contributed by atoms with Gasteiger partial charge in [0.2, 0.25) is 0 Å². The molecule has 1 saturated heterocycles. The van der Waals surface area contributed by atoms with E-state index < -0.39 is 30.0 Å². The van der Waals surface area contributed by atoms with Crippen LogP contribution in [-0.2, 0) is 9.47 Å². The van der Waals surface area contributed by atoms with Crippen LogP contribution in [-0.4, -0.2) is 66.2 Å². The largest absolute Gasteiger partial charge is 0.465 e. The highest BCUT2D eigenvalue weighted by molar-refractivity contribution is 5.69. The predicted molar refractivity (Wildman–Crippen MR) is 76.7 cm³/mol. The number of ether oxygens (including phenoxy) is 2. The highest BCUT2D eigenvalue weighted by Gasteiger charge is 2.28. The van der Waals surface area contributed by atoms with E-state index in [0.717, 1.165) is 0 Å². The quantitative estimate of drug-likeness (QED) is 0.666. The van der Waals surface area contributed by atoms with Gasteiger partial charge >= 0.3 is 18.3 Å². The van der Waals surface area contributed by atoms with Gasteiger partial charge in [-0.15, -0.1) is 0 Å². The lowest BCUT2D eigenvalue weighted by Crippen LogP contribution is -2.39. The van der Waals surface area contributed by atoms with Crippen molar-refractivity contribution in [2.75, 3.05) is 26.2 Å². The normalized spacial score (nSPS) is 17.8. The molecule has 0 aromatic heterocycles. The summed E-state index contributed by atoms with van der Waals surface area (Å²) in [5.74, 6) is 0. The van der Waals surface area contributed by atoms with Gasteiger partial charge in [-0.2, -0.15) is 0 Å². The van der Waals surface area contributed by atoms with E-state index in [4.69, 9.17) is 14.6 Å². The van der Waals surface area contributed by atoms with Crippen molar-refractivity contribution in [2.24, 2.45) is 0 Å². The summed E-state index contributed by atoms with van der Waals surface area (Å²) >= 11 is 0. The molecule has 1 atom stereocenters. The Morgan fingerprint density at radius 2 is 1.77 bits per heavy atom. The third-order valence-electron chi connectivity index (χ3n) is 2.75. The smallest absolute Gasteiger partial charge is 0.407 e. The minimum Gasteiger partial charge on any atom is -0.465 e. The zero-order chi connectivity index (χ0) is 16.8. The molecule has 1 aliphatic heterocycles. The number of carbonyl (C=O) groups is 3. The molecule has 22 heavy (non-hydrogen) atoms. The SMILES string of the molecule is CC(C)(C)OC(=O)NCCNC(=O)OC1CCN(C(=O)O)C1. The number of amides is 3. The molecule has 0 saturated carbocycles.